The SMILES string of the molecule is Nc1cccc(Oc2ccc(-c3ccc(Oc4cccc(N)c4)cc3C(=O)O)c(C(=O)O)c2)c1. The topological polar surface area (TPSA) is 145 Å². The van der Waals surface area contributed by atoms with E-state index in [1.165, 1.54) is 24.3 Å². The zero-order valence-corrected chi connectivity index (χ0v) is 17.8. The van der Waals surface area contributed by atoms with Crippen LogP contribution in [0.25, 0.3) is 11.1 Å². The summed E-state index contributed by atoms with van der Waals surface area (Å²) in [6.07, 6.45) is 0. The number of nitrogen functional groups attached to an aromatic ring is 2. The minimum Gasteiger partial charge on any atom is -0.478 e. The summed E-state index contributed by atoms with van der Waals surface area (Å²) in [7, 11) is 0. The van der Waals surface area contributed by atoms with Crippen LogP contribution in [-0.2, 0) is 0 Å². The number of hydrogen-bond acceptors (Lipinski definition) is 6. The quantitative estimate of drug-likeness (QED) is 0.267. The van der Waals surface area contributed by atoms with E-state index in [1.807, 2.05) is 0 Å². The van der Waals surface area contributed by atoms with Crippen molar-refractivity contribution in [3.05, 3.63) is 96.1 Å². The molecule has 34 heavy (non-hydrogen) atoms. The Hall–Kier alpha value is -4.98. The first-order chi connectivity index (χ1) is 16.3. The summed E-state index contributed by atoms with van der Waals surface area (Å²) in [5, 5.41) is 19.6. The van der Waals surface area contributed by atoms with Crippen molar-refractivity contribution in [1.29, 1.82) is 0 Å². The van der Waals surface area contributed by atoms with Crippen LogP contribution >= 0.6 is 0 Å². The summed E-state index contributed by atoms with van der Waals surface area (Å²) in [5.41, 5.74) is 12.7. The molecule has 0 aliphatic carbocycles. The second-order valence-corrected chi connectivity index (χ2v) is 7.37. The zero-order valence-electron chi connectivity index (χ0n) is 17.8. The lowest BCUT2D eigenvalue weighted by Crippen LogP contribution is -2.05. The Morgan fingerprint density at radius 2 is 0.941 bits per heavy atom. The van der Waals surface area contributed by atoms with Gasteiger partial charge in [0.25, 0.3) is 0 Å². The van der Waals surface area contributed by atoms with Gasteiger partial charge in [-0.05, 0) is 71.8 Å². The highest BCUT2D eigenvalue weighted by Gasteiger charge is 2.20. The fraction of sp³-hybridized carbons (Fsp3) is 0. The maximum atomic E-state index is 12.0. The van der Waals surface area contributed by atoms with Gasteiger partial charge < -0.3 is 31.2 Å². The van der Waals surface area contributed by atoms with Gasteiger partial charge in [0.2, 0.25) is 0 Å². The highest BCUT2D eigenvalue weighted by atomic mass is 16.5. The first-order valence-corrected chi connectivity index (χ1v) is 10.1. The molecular formula is C26H20N2O6. The smallest absolute Gasteiger partial charge is 0.336 e. The van der Waals surface area contributed by atoms with Crippen LogP contribution in [0.5, 0.6) is 23.0 Å². The Morgan fingerprint density at radius 3 is 1.29 bits per heavy atom. The van der Waals surface area contributed by atoms with E-state index in [9.17, 15) is 19.8 Å². The Morgan fingerprint density at radius 1 is 0.559 bits per heavy atom. The molecule has 0 bridgehead atoms. The number of anilines is 2. The molecule has 0 aliphatic rings. The second-order valence-electron chi connectivity index (χ2n) is 7.37. The average molecular weight is 456 g/mol. The van der Waals surface area contributed by atoms with Crippen LogP contribution < -0.4 is 20.9 Å². The van der Waals surface area contributed by atoms with Crippen molar-refractivity contribution in [2.24, 2.45) is 0 Å². The number of hydrogen-bond donors (Lipinski definition) is 4. The maximum Gasteiger partial charge on any atom is 0.336 e. The minimum absolute atomic E-state index is 0.117. The van der Waals surface area contributed by atoms with Crippen molar-refractivity contribution < 1.29 is 29.3 Å². The first-order valence-electron chi connectivity index (χ1n) is 10.1. The summed E-state index contributed by atoms with van der Waals surface area (Å²) in [4.78, 5) is 24.0. The van der Waals surface area contributed by atoms with Gasteiger partial charge in [0.05, 0.1) is 11.1 Å². The molecule has 170 valence electrons. The molecule has 0 saturated carbocycles. The molecule has 0 aliphatic heterocycles. The van der Waals surface area contributed by atoms with E-state index in [4.69, 9.17) is 20.9 Å². The molecule has 0 saturated heterocycles. The summed E-state index contributed by atoms with van der Waals surface area (Å²) in [6.45, 7) is 0. The molecule has 0 fully saturated rings. The molecular weight excluding hydrogens is 436 g/mol. The highest BCUT2D eigenvalue weighted by Crippen LogP contribution is 2.35. The number of carboxylic acids is 2. The van der Waals surface area contributed by atoms with Crippen molar-refractivity contribution in [2.45, 2.75) is 0 Å². The van der Waals surface area contributed by atoms with Gasteiger partial charge in [-0.2, -0.15) is 0 Å². The Labute approximate surface area is 194 Å². The Kier molecular flexibility index (Phi) is 6.05. The summed E-state index contributed by atoms with van der Waals surface area (Å²) < 4.78 is 11.4. The van der Waals surface area contributed by atoms with Crippen molar-refractivity contribution in [3.63, 3.8) is 0 Å². The second kappa shape index (κ2) is 9.25. The minimum atomic E-state index is -1.23. The van der Waals surface area contributed by atoms with Crippen LogP contribution in [0.4, 0.5) is 11.4 Å². The lowest BCUT2D eigenvalue weighted by atomic mass is 9.95. The molecule has 0 atom stereocenters. The molecule has 8 heteroatoms. The third-order valence-corrected chi connectivity index (χ3v) is 4.92. The predicted molar refractivity (Wildman–Crippen MR) is 128 cm³/mol. The average Bonchev–Trinajstić information content (AvgIpc) is 2.79. The van der Waals surface area contributed by atoms with Gasteiger partial charge in [0, 0.05) is 23.5 Å². The number of nitrogens with two attached hydrogens (primary N) is 2. The van der Waals surface area contributed by atoms with Gasteiger partial charge in [-0.25, -0.2) is 9.59 Å². The van der Waals surface area contributed by atoms with Crippen molar-refractivity contribution in [1.82, 2.24) is 0 Å². The van der Waals surface area contributed by atoms with Crippen molar-refractivity contribution in [2.75, 3.05) is 11.5 Å². The summed E-state index contributed by atoms with van der Waals surface area (Å²) in [5.74, 6) is -1.04. The predicted octanol–water partition coefficient (Wildman–Crippen LogP) is 5.50. The number of carboxylic acid groups (broad SMARTS) is 2. The fourth-order valence-corrected chi connectivity index (χ4v) is 3.43. The molecule has 0 unspecified atom stereocenters. The molecule has 0 heterocycles. The van der Waals surface area contributed by atoms with E-state index in [-0.39, 0.29) is 33.8 Å². The van der Waals surface area contributed by atoms with E-state index in [0.717, 1.165) is 0 Å². The lowest BCUT2D eigenvalue weighted by molar-refractivity contribution is 0.0684. The number of carbonyl (C=O) groups is 2. The van der Waals surface area contributed by atoms with Crippen LogP contribution in [0.15, 0.2) is 84.9 Å². The largest absolute Gasteiger partial charge is 0.478 e. The van der Waals surface area contributed by atoms with E-state index in [1.54, 1.807) is 60.7 Å². The van der Waals surface area contributed by atoms with Gasteiger partial charge in [0.15, 0.2) is 0 Å². The summed E-state index contributed by atoms with van der Waals surface area (Å²) in [6, 6.07) is 22.2. The van der Waals surface area contributed by atoms with Crippen LogP contribution in [-0.4, -0.2) is 22.2 Å². The van der Waals surface area contributed by atoms with Gasteiger partial charge in [-0.1, -0.05) is 12.1 Å². The van der Waals surface area contributed by atoms with E-state index < -0.39 is 11.9 Å². The van der Waals surface area contributed by atoms with Crippen LogP contribution in [0.2, 0.25) is 0 Å². The molecule has 0 radical (unpaired) electrons. The molecule has 6 N–H and O–H groups in total. The molecule has 0 spiro atoms. The van der Waals surface area contributed by atoms with Crippen molar-refractivity contribution >= 4 is 23.3 Å². The molecule has 4 rings (SSSR count). The molecule has 4 aromatic carbocycles. The normalized spacial score (nSPS) is 10.5. The first kappa shape index (κ1) is 22.2. The summed E-state index contributed by atoms with van der Waals surface area (Å²) >= 11 is 0. The van der Waals surface area contributed by atoms with Crippen molar-refractivity contribution in [3.8, 4) is 34.1 Å². The number of ether oxygens (including phenoxy) is 2. The van der Waals surface area contributed by atoms with Gasteiger partial charge in [0.1, 0.15) is 23.0 Å². The standard InChI is InChI=1S/C26H20N2O6/c27-15-3-1-5-17(11-15)33-19-7-9-21(23(13-19)25(29)30)22-10-8-20(14-24(22)26(31)32)34-18-6-2-4-16(28)12-18/h1-14H,27-28H2,(H,29,30)(H,31,32). The lowest BCUT2D eigenvalue weighted by Gasteiger charge is -2.14. The number of benzene rings is 4. The monoisotopic (exact) mass is 456 g/mol. The van der Waals surface area contributed by atoms with Gasteiger partial charge in [-0.15, -0.1) is 0 Å². The van der Waals surface area contributed by atoms with E-state index in [2.05, 4.69) is 0 Å². The van der Waals surface area contributed by atoms with Crippen LogP contribution in [0.3, 0.4) is 0 Å². The highest BCUT2D eigenvalue weighted by molar-refractivity contribution is 6.02. The molecule has 0 amide bonds. The Balaban J connectivity index is 1.72. The molecule has 8 nitrogen and oxygen atoms in total. The van der Waals surface area contributed by atoms with Crippen LogP contribution in [0, 0.1) is 0 Å². The van der Waals surface area contributed by atoms with Gasteiger partial charge in [-0.3, -0.25) is 0 Å². The van der Waals surface area contributed by atoms with Gasteiger partial charge >= 0.3 is 11.9 Å². The fourth-order valence-electron chi connectivity index (χ4n) is 3.43. The molecule has 0 aromatic heterocycles. The Bertz CT molecular complexity index is 1290. The van der Waals surface area contributed by atoms with Crippen LogP contribution in [0.1, 0.15) is 20.7 Å². The number of aromatic carboxylic acids is 2. The zero-order chi connectivity index (χ0) is 24.2. The third-order valence-electron chi connectivity index (χ3n) is 4.92. The maximum absolute atomic E-state index is 12.0. The van der Waals surface area contributed by atoms with E-state index in [0.29, 0.717) is 22.9 Å². The molecule has 4 aromatic rings. The van der Waals surface area contributed by atoms with E-state index >= 15 is 0 Å². The number of rotatable bonds is 7. The third kappa shape index (κ3) is 4.91.